The molecule has 1 fully saturated rings. The second-order valence-electron chi connectivity index (χ2n) is 6.60. The third-order valence-electron chi connectivity index (χ3n) is 4.37. The van der Waals surface area contributed by atoms with Gasteiger partial charge in [-0.15, -0.1) is 0 Å². The Morgan fingerprint density at radius 3 is 2.71 bits per heavy atom. The van der Waals surface area contributed by atoms with E-state index in [1.165, 1.54) is 4.57 Å². The first kappa shape index (κ1) is 16.4. The summed E-state index contributed by atoms with van der Waals surface area (Å²) < 4.78 is 1.39. The third kappa shape index (κ3) is 2.98. The maximum Gasteiger partial charge on any atom is 0.329 e. The van der Waals surface area contributed by atoms with E-state index in [0.717, 1.165) is 12.8 Å². The lowest BCUT2D eigenvalue weighted by Gasteiger charge is -2.14. The molecule has 0 radical (unpaired) electrons. The van der Waals surface area contributed by atoms with Crippen LogP contribution in [0, 0.1) is 5.92 Å². The van der Waals surface area contributed by atoms with Crippen LogP contribution in [0.4, 0.5) is 0 Å². The van der Waals surface area contributed by atoms with Crippen LogP contribution in [0.5, 0.6) is 0 Å². The number of aromatic nitrogens is 3. The van der Waals surface area contributed by atoms with E-state index >= 15 is 0 Å². The molecule has 0 unspecified atom stereocenters. The van der Waals surface area contributed by atoms with Crippen molar-refractivity contribution in [3.8, 4) is 0 Å². The molecule has 2 aromatic heterocycles. The second kappa shape index (κ2) is 6.22. The molecule has 24 heavy (non-hydrogen) atoms. The Kier molecular flexibility index (Phi) is 4.26. The smallest absolute Gasteiger partial charge is 0.329 e. The standard InChI is InChI=1S/C17H22N4O3/c1-4-21-14-13(16(23)20-17(21)24)11(7-12(19-14)9(2)3)15(22)18-8-10-5-6-10/h7,9-10H,4-6,8H2,1-3H3,(H,18,22)(H,20,23,24). The summed E-state index contributed by atoms with van der Waals surface area (Å²) in [6, 6.07) is 1.66. The fourth-order valence-corrected chi connectivity index (χ4v) is 2.72. The van der Waals surface area contributed by atoms with Gasteiger partial charge in [-0.1, -0.05) is 13.8 Å². The van der Waals surface area contributed by atoms with Crippen molar-refractivity contribution in [2.75, 3.05) is 6.54 Å². The maximum atomic E-state index is 12.6. The van der Waals surface area contributed by atoms with Crippen molar-refractivity contribution < 1.29 is 4.79 Å². The molecule has 2 heterocycles. The Morgan fingerprint density at radius 1 is 1.42 bits per heavy atom. The summed E-state index contributed by atoms with van der Waals surface area (Å²) >= 11 is 0. The summed E-state index contributed by atoms with van der Waals surface area (Å²) in [5, 5.41) is 3.07. The van der Waals surface area contributed by atoms with Gasteiger partial charge < -0.3 is 5.32 Å². The molecule has 128 valence electrons. The zero-order valence-electron chi connectivity index (χ0n) is 14.2. The van der Waals surface area contributed by atoms with Gasteiger partial charge in [-0.05, 0) is 37.7 Å². The van der Waals surface area contributed by atoms with E-state index in [0.29, 0.717) is 24.7 Å². The number of carbonyl (C=O) groups excluding carboxylic acids is 1. The monoisotopic (exact) mass is 330 g/mol. The zero-order chi connectivity index (χ0) is 17.4. The number of hydrogen-bond acceptors (Lipinski definition) is 4. The fourth-order valence-electron chi connectivity index (χ4n) is 2.72. The molecule has 0 aromatic carbocycles. The largest absolute Gasteiger partial charge is 0.352 e. The predicted molar refractivity (Wildman–Crippen MR) is 91.4 cm³/mol. The molecular weight excluding hydrogens is 308 g/mol. The van der Waals surface area contributed by atoms with Gasteiger partial charge in [0, 0.05) is 18.8 Å². The number of hydrogen-bond donors (Lipinski definition) is 2. The van der Waals surface area contributed by atoms with Gasteiger partial charge in [0.1, 0.15) is 0 Å². The highest BCUT2D eigenvalue weighted by Crippen LogP contribution is 2.28. The first-order chi connectivity index (χ1) is 11.4. The molecule has 1 aliphatic rings. The lowest BCUT2D eigenvalue weighted by Crippen LogP contribution is -2.33. The fraction of sp³-hybridized carbons (Fsp3) is 0.529. The number of aryl methyl sites for hydroxylation is 1. The number of pyridine rings is 1. The Hall–Kier alpha value is -2.44. The molecule has 7 heteroatoms. The van der Waals surface area contributed by atoms with Crippen molar-refractivity contribution in [2.45, 2.75) is 46.1 Å². The molecule has 0 atom stereocenters. The predicted octanol–water partition coefficient (Wildman–Crippen LogP) is 1.37. The number of carbonyl (C=O) groups is 1. The van der Waals surface area contributed by atoms with E-state index in [9.17, 15) is 14.4 Å². The summed E-state index contributed by atoms with van der Waals surface area (Å²) in [7, 11) is 0. The molecule has 2 aromatic rings. The van der Waals surface area contributed by atoms with Crippen LogP contribution in [0.15, 0.2) is 15.7 Å². The van der Waals surface area contributed by atoms with Crippen molar-refractivity contribution in [3.63, 3.8) is 0 Å². The molecule has 0 spiro atoms. The normalized spacial score (nSPS) is 14.3. The Morgan fingerprint density at radius 2 is 2.12 bits per heavy atom. The molecule has 3 rings (SSSR count). The number of H-pyrrole nitrogens is 1. The van der Waals surface area contributed by atoms with E-state index in [1.807, 2.05) is 13.8 Å². The lowest BCUT2D eigenvalue weighted by atomic mass is 10.0. The number of fused-ring (bicyclic) bond motifs is 1. The van der Waals surface area contributed by atoms with Crippen molar-refractivity contribution in [2.24, 2.45) is 5.92 Å². The van der Waals surface area contributed by atoms with Crippen LogP contribution >= 0.6 is 0 Å². The average molecular weight is 330 g/mol. The topological polar surface area (TPSA) is 96.9 Å². The number of nitrogens with zero attached hydrogens (tertiary/aromatic N) is 2. The molecule has 1 aliphatic carbocycles. The Labute approximate surface area is 139 Å². The Balaban J connectivity index is 2.23. The summed E-state index contributed by atoms with van der Waals surface area (Å²) in [5.74, 6) is 0.325. The lowest BCUT2D eigenvalue weighted by molar-refractivity contribution is 0.0953. The summed E-state index contributed by atoms with van der Waals surface area (Å²) in [4.78, 5) is 43.8. The molecule has 7 nitrogen and oxygen atoms in total. The van der Waals surface area contributed by atoms with Gasteiger partial charge >= 0.3 is 5.69 Å². The first-order valence-corrected chi connectivity index (χ1v) is 8.38. The average Bonchev–Trinajstić information content (AvgIpc) is 3.36. The van der Waals surface area contributed by atoms with Gasteiger partial charge in [0.2, 0.25) is 0 Å². The van der Waals surface area contributed by atoms with Gasteiger partial charge in [-0.3, -0.25) is 19.1 Å². The van der Waals surface area contributed by atoms with Gasteiger partial charge in [0.05, 0.1) is 10.9 Å². The number of nitrogens with one attached hydrogen (secondary N) is 2. The van der Waals surface area contributed by atoms with Crippen LogP contribution in [0.3, 0.4) is 0 Å². The zero-order valence-corrected chi connectivity index (χ0v) is 14.2. The highest BCUT2D eigenvalue weighted by atomic mass is 16.2. The van der Waals surface area contributed by atoms with E-state index in [2.05, 4.69) is 15.3 Å². The molecule has 2 N–H and O–H groups in total. The number of rotatable bonds is 5. The second-order valence-corrected chi connectivity index (χ2v) is 6.60. The van der Waals surface area contributed by atoms with Crippen LogP contribution in [0.1, 0.15) is 55.6 Å². The van der Waals surface area contributed by atoms with Crippen molar-refractivity contribution >= 4 is 16.9 Å². The number of aromatic amines is 1. The van der Waals surface area contributed by atoms with E-state index in [4.69, 9.17) is 0 Å². The van der Waals surface area contributed by atoms with Crippen molar-refractivity contribution in [1.29, 1.82) is 0 Å². The van der Waals surface area contributed by atoms with Gasteiger partial charge in [0.15, 0.2) is 5.65 Å². The van der Waals surface area contributed by atoms with Crippen LogP contribution in [0.25, 0.3) is 11.0 Å². The van der Waals surface area contributed by atoms with Gasteiger partial charge in [-0.2, -0.15) is 0 Å². The minimum atomic E-state index is -0.570. The van der Waals surface area contributed by atoms with Crippen molar-refractivity contribution in [1.82, 2.24) is 19.9 Å². The quantitative estimate of drug-likeness (QED) is 0.865. The summed E-state index contributed by atoms with van der Waals surface area (Å²) in [6.45, 7) is 6.70. The van der Waals surface area contributed by atoms with Gasteiger partial charge in [0.25, 0.3) is 11.5 Å². The van der Waals surface area contributed by atoms with Crippen LogP contribution in [0.2, 0.25) is 0 Å². The summed E-state index contributed by atoms with van der Waals surface area (Å²) in [6.07, 6.45) is 2.26. The van der Waals surface area contributed by atoms with Gasteiger partial charge in [-0.25, -0.2) is 9.78 Å². The molecular formula is C17H22N4O3. The maximum absolute atomic E-state index is 12.6. The highest BCUT2D eigenvalue weighted by Gasteiger charge is 2.24. The molecule has 0 bridgehead atoms. The molecule has 0 aliphatic heterocycles. The minimum absolute atomic E-state index is 0.0732. The first-order valence-electron chi connectivity index (χ1n) is 8.38. The van der Waals surface area contributed by atoms with Crippen molar-refractivity contribution in [3.05, 3.63) is 38.2 Å². The third-order valence-corrected chi connectivity index (χ3v) is 4.37. The van der Waals surface area contributed by atoms with Crippen LogP contribution < -0.4 is 16.6 Å². The van der Waals surface area contributed by atoms with Crippen LogP contribution in [-0.2, 0) is 6.54 Å². The highest BCUT2D eigenvalue weighted by molar-refractivity contribution is 6.05. The van der Waals surface area contributed by atoms with E-state index in [-0.39, 0.29) is 28.4 Å². The SMILES string of the molecule is CCn1c(=O)[nH]c(=O)c2c(C(=O)NCC3CC3)cc(C(C)C)nc21. The summed E-state index contributed by atoms with van der Waals surface area (Å²) in [5.41, 5.74) is 0.167. The van der Waals surface area contributed by atoms with E-state index in [1.54, 1.807) is 13.0 Å². The Bertz CT molecular complexity index is 906. The molecule has 1 saturated carbocycles. The molecule has 1 amide bonds. The molecule has 0 saturated heterocycles. The minimum Gasteiger partial charge on any atom is -0.352 e. The number of amides is 1. The van der Waals surface area contributed by atoms with Crippen LogP contribution in [-0.4, -0.2) is 27.0 Å². The van der Waals surface area contributed by atoms with E-state index < -0.39 is 11.2 Å².